The highest BCUT2D eigenvalue weighted by Gasteiger charge is 2.17. The molecule has 0 atom stereocenters. The van der Waals surface area contributed by atoms with Gasteiger partial charge in [0.05, 0.1) is 57.0 Å². The summed E-state index contributed by atoms with van der Waals surface area (Å²) in [5.74, 6) is 2.07. The largest absolute Gasteiger partial charge is 0.497 e. The number of aryl methyl sites for hydroxylation is 1. The van der Waals surface area contributed by atoms with Gasteiger partial charge in [0.1, 0.15) is 22.9 Å². The van der Waals surface area contributed by atoms with Crippen LogP contribution in [0.3, 0.4) is 0 Å². The van der Waals surface area contributed by atoms with Gasteiger partial charge in [0.2, 0.25) is 0 Å². The smallest absolute Gasteiger partial charge is 0.142 e. The van der Waals surface area contributed by atoms with Crippen molar-refractivity contribution in [1.29, 1.82) is 0 Å². The molecule has 36 heavy (non-hydrogen) atoms. The molecular formula is C27H26N6O3. The summed E-state index contributed by atoms with van der Waals surface area (Å²) in [6.45, 7) is 0.446. The van der Waals surface area contributed by atoms with Crippen LogP contribution in [0.1, 0.15) is 5.69 Å². The molecule has 0 aliphatic heterocycles. The van der Waals surface area contributed by atoms with Gasteiger partial charge in [0, 0.05) is 54.6 Å². The van der Waals surface area contributed by atoms with E-state index in [4.69, 9.17) is 19.2 Å². The van der Waals surface area contributed by atoms with Crippen LogP contribution in [0.2, 0.25) is 0 Å². The van der Waals surface area contributed by atoms with E-state index in [9.17, 15) is 0 Å². The third-order valence-electron chi connectivity index (χ3n) is 5.86. The van der Waals surface area contributed by atoms with E-state index >= 15 is 0 Å². The van der Waals surface area contributed by atoms with Crippen LogP contribution in [-0.4, -0.2) is 46.1 Å². The molecule has 9 nitrogen and oxygen atoms in total. The monoisotopic (exact) mass is 482 g/mol. The molecule has 0 amide bonds. The highest BCUT2D eigenvalue weighted by molar-refractivity contribution is 5.82. The van der Waals surface area contributed by atoms with E-state index < -0.39 is 0 Å². The number of anilines is 2. The molecule has 0 spiro atoms. The molecule has 0 aliphatic rings. The van der Waals surface area contributed by atoms with Crippen molar-refractivity contribution in [3.63, 3.8) is 0 Å². The highest BCUT2D eigenvalue weighted by Crippen LogP contribution is 2.36. The van der Waals surface area contributed by atoms with Gasteiger partial charge in [0.25, 0.3) is 0 Å². The van der Waals surface area contributed by atoms with Gasteiger partial charge < -0.3 is 19.1 Å². The number of ether oxygens (including phenoxy) is 3. The standard InChI is InChI=1S/C27H26N6O3/c1-32-16-18(14-30-32)25-15-29-23-8-7-19(12-24(23)31-25)33(17-26-27(36-4)6-5-9-28-26)20-10-21(34-2)13-22(11-20)35-3/h5-16H,17H2,1-4H3. The van der Waals surface area contributed by atoms with E-state index in [0.29, 0.717) is 23.8 Å². The van der Waals surface area contributed by atoms with Crippen molar-refractivity contribution in [3.05, 3.63) is 79.0 Å². The Kier molecular flexibility index (Phi) is 6.36. The Balaban J connectivity index is 1.64. The quantitative estimate of drug-likeness (QED) is 0.312. The average Bonchev–Trinajstić information content (AvgIpc) is 3.37. The maximum atomic E-state index is 5.58. The molecule has 0 aliphatic carbocycles. The molecule has 0 fully saturated rings. The van der Waals surface area contributed by atoms with E-state index in [1.54, 1.807) is 44.6 Å². The van der Waals surface area contributed by atoms with Gasteiger partial charge in [-0.15, -0.1) is 0 Å². The average molecular weight is 483 g/mol. The lowest BCUT2D eigenvalue weighted by Crippen LogP contribution is -2.18. The van der Waals surface area contributed by atoms with Crippen molar-refractivity contribution in [2.75, 3.05) is 26.2 Å². The van der Waals surface area contributed by atoms with Crippen molar-refractivity contribution >= 4 is 22.4 Å². The number of nitrogens with zero attached hydrogens (tertiary/aromatic N) is 6. The SMILES string of the molecule is COc1cc(OC)cc(N(Cc2ncccc2OC)c2ccc3ncc(-c4cnn(C)c4)nc3c2)c1. The normalized spacial score (nSPS) is 10.9. The summed E-state index contributed by atoms with van der Waals surface area (Å²) in [5, 5.41) is 4.25. The molecule has 3 aromatic heterocycles. The Morgan fingerprint density at radius 1 is 0.833 bits per heavy atom. The molecule has 0 unspecified atom stereocenters. The minimum atomic E-state index is 0.446. The first kappa shape index (κ1) is 23.1. The number of rotatable bonds is 8. The zero-order chi connectivity index (χ0) is 25.1. The second-order valence-corrected chi connectivity index (χ2v) is 8.14. The lowest BCUT2D eigenvalue weighted by Gasteiger charge is -2.26. The first-order valence-corrected chi connectivity index (χ1v) is 11.3. The van der Waals surface area contributed by atoms with Crippen LogP contribution >= 0.6 is 0 Å². The van der Waals surface area contributed by atoms with Crippen molar-refractivity contribution in [2.24, 2.45) is 7.05 Å². The van der Waals surface area contributed by atoms with Crippen LogP contribution in [0.25, 0.3) is 22.3 Å². The summed E-state index contributed by atoms with van der Waals surface area (Å²) < 4.78 is 18.4. The predicted octanol–water partition coefficient (Wildman–Crippen LogP) is 4.79. The number of hydrogen-bond acceptors (Lipinski definition) is 8. The zero-order valence-corrected chi connectivity index (χ0v) is 20.5. The Bertz CT molecular complexity index is 1490. The summed E-state index contributed by atoms with van der Waals surface area (Å²) in [4.78, 5) is 16.2. The summed E-state index contributed by atoms with van der Waals surface area (Å²) in [6.07, 6.45) is 7.22. The molecule has 0 radical (unpaired) electrons. The Morgan fingerprint density at radius 3 is 2.33 bits per heavy atom. The van der Waals surface area contributed by atoms with Gasteiger partial charge in [-0.1, -0.05) is 0 Å². The van der Waals surface area contributed by atoms with Gasteiger partial charge >= 0.3 is 0 Å². The van der Waals surface area contributed by atoms with Gasteiger partial charge in [-0.25, -0.2) is 4.98 Å². The second-order valence-electron chi connectivity index (χ2n) is 8.14. The van der Waals surface area contributed by atoms with Crippen LogP contribution in [0, 0.1) is 0 Å². The van der Waals surface area contributed by atoms with E-state index in [0.717, 1.165) is 39.4 Å². The van der Waals surface area contributed by atoms with E-state index in [2.05, 4.69) is 20.0 Å². The van der Waals surface area contributed by atoms with Crippen LogP contribution in [0.4, 0.5) is 11.4 Å². The maximum Gasteiger partial charge on any atom is 0.142 e. The van der Waals surface area contributed by atoms with E-state index in [-0.39, 0.29) is 0 Å². The Labute approximate surface area is 208 Å². The molecule has 182 valence electrons. The van der Waals surface area contributed by atoms with Crippen molar-refractivity contribution in [2.45, 2.75) is 6.54 Å². The van der Waals surface area contributed by atoms with Gasteiger partial charge in [0.15, 0.2) is 0 Å². The number of aromatic nitrogens is 5. The first-order valence-electron chi connectivity index (χ1n) is 11.3. The van der Waals surface area contributed by atoms with Gasteiger partial charge in [-0.3, -0.25) is 14.6 Å². The third kappa shape index (κ3) is 4.63. The summed E-state index contributed by atoms with van der Waals surface area (Å²) in [5.41, 5.74) is 5.79. The molecule has 0 bridgehead atoms. The molecule has 3 heterocycles. The molecular weight excluding hydrogens is 456 g/mol. The molecule has 2 aromatic carbocycles. The summed E-state index contributed by atoms with van der Waals surface area (Å²) >= 11 is 0. The zero-order valence-electron chi connectivity index (χ0n) is 20.5. The molecule has 0 saturated carbocycles. The molecule has 0 N–H and O–H groups in total. The van der Waals surface area contributed by atoms with Gasteiger partial charge in [-0.05, 0) is 30.3 Å². The fourth-order valence-electron chi connectivity index (χ4n) is 4.02. The fraction of sp³-hybridized carbons (Fsp3) is 0.185. The van der Waals surface area contributed by atoms with Crippen molar-refractivity contribution < 1.29 is 14.2 Å². The van der Waals surface area contributed by atoms with Crippen LogP contribution < -0.4 is 19.1 Å². The second kappa shape index (κ2) is 9.91. The molecule has 9 heteroatoms. The van der Waals surface area contributed by atoms with Crippen LogP contribution in [-0.2, 0) is 13.6 Å². The van der Waals surface area contributed by atoms with Gasteiger partial charge in [-0.2, -0.15) is 5.10 Å². The number of pyridine rings is 1. The van der Waals surface area contributed by atoms with Crippen LogP contribution in [0.15, 0.2) is 73.3 Å². The number of fused-ring (bicyclic) bond motifs is 1. The number of methoxy groups -OCH3 is 3. The lowest BCUT2D eigenvalue weighted by atomic mass is 10.1. The minimum Gasteiger partial charge on any atom is -0.497 e. The highest BCUT2D eigenvalue weighted by atomic mass is 16.5. The Morgan fingerprint density at radius 2 is 1.64 bits per heavy atom. The fourth-order valence-corrected chi connectivity index (χ4v) is 4.02. The molecule has 0 saturated heterocycles. The minimum absolute atomic E-state index is 0.446. The van der Waals surface area contributed by atoms with E-state index in [1.165, 1.54) is 0 Å². The Hall–Kier alpha value is -4.66. The number of benzene rings is 2. The topological polar surface area (TPSA) is 87.4 Å². The summed E-state index contributed by atoms with van der Waals surface area (Å²) in [7, 11) is 6.79. The van der Waals surface area contributed by atoms with Crippen molar-refractivity contribution in [1.82, 2.24) is 24.7 Å². The molecule has 5 rings (SSSR count). The number of hydrogen-bond donors (Lipinski definition) is 0. The molecule has 5 aromatic rings. The van der Waals surface area contributed by atoms with Crippen molar-refractivity contribution in [3.8, 4) is 28.5 Å². The maximum absolute atomic E-state index is 5.58. The summed E-state index contributed by atoms with van der Waals surface area (Å²) in [6, 6.07) is 15.5. The third-order valence-corrected chi connectivity index (χ3v) is 5.86. The predicted molar refractivity (Wildman–Crippen MR) is 138 cm³/mol. The first-order chi connectivity index (χ1) is 17.6. The lowest BCUT2D eigenvalue weighted by molar-refractivity contribution is 0.394. The van der Waals surface area contributed by atoms with E-state index in [1.807, 2.05) is 61.8 Å². The van der Waals surface area contributed by atoms with Crippen LogP contribution in [0.5, 0.6) is 17.2 Å².